The fraction of sp³-hybridized carbons (Fsp3) is 1.00. The van der Waals surface area contributed by atoms with Gasteiger partial charge in [0.25, 0.3) is 0 Å². The van der Waals surface area contributed by atoms with E-state index in [-0.39, 0.29) is 12.2 Å². The maximum Gasteiger partial charge on any atom is 0.0990 e. The Balaban J connectivity index is 1.69. The average molecular weight is 243 g/mol. The fourth-order valence-electron chi connectivity index (χ4n) is 2.60. The first-order valence-electron chi connectivity index (χ1n) is 6.89. The van der Waals surface area contributed by atoms with Crippen molar-refractivity contribution in [2.75, 3.05) is 33.0 Å². The van der Waals surface area contributed by atoms with E-state index in [0.717, 1.165) is 45.8 Å². The summed E-state index contributed by atoms with van der Waals surface area (Å²) in [5.41, 5.74) is 0. The molecule has 4 heteroatoms. The molecule has 0 amide bonds. The first kappa shape index (κ1) is 13.3. The maximum absolute atomic E-state index is 5.96. The molecule has 0 aromatic rings. The monoisotopic (exact) mass is 243 g/mol. The molecule has 0 bridgehead atoms. The van der Waals surface area contributed by atoms with Crippen LogP contribution in [-0.4, -0.2) is 51.2 Å². The van der Waals surface area contributed by atoms with Crippen molar-refractivity contribution in [2.45, 2.75) is 44.9 Å². The van der Waals surface area contributed by atoms with E-state index < -0.39 is 0 Å². The molecule has 1 heterocycles. The van der Waals surface area contributed by atoms with Gasteiger partial charge in [0, 0.05) is 25.2 Å². The van der Waals surface area contributed by atoms with Crippen molar-refractivity contribution in [3.8, 4) is 0 Å². The molecular weight excluding hydrogens is 218 g/mol. The van der Waals surface area contributed by atoms with Crippen LogP contribution in [0.4, 0.5) is 0 Å². The number of hydrogen-bond donors (Lipinski definition) is 1. The van der Waals surface area contributed by atoms with E-state index in [0.29, 0.717) is 12.0 Å². The Morgan fingerprint density at radius 1 is 1.29 bits per heavy atom. The standard InChI is InChI=1S/C13H25NO3/c1-3-14-11-7-12(13(11)16-4-2)17-9-10-5-6-15-8-10/h10-14H,3-9H2,1-2H3. The zero-order valence-electron chi connectivity index (χ0n) is 11.0. The van der Waals surface area contributed by atoms with E-state index in [9.17, 15) is 0 Å². The first-order chi connectivity index (χ1) is 8.35. The molecule has 4 unspecified atom stereocenters. The van der Waals surface area contributed by atoms with Crippen molar-refractivity contribution in [3.63, 3.8) is 0 Å². The second-order valence-corrected chi connectivity index (χ2v) is 4.92. The highest BCUT2D eigenvalue weighted by Gasteiger charge is 2.42. The summed E-state index contributed by atoms with van der Waals surface area (Å²) in [7, 11) is 0. The average Bonchev–Trinajstić information content (AvgIpc) is 2.83. The molecular formula is C13H25NO3. The Kier molecular flexibility index (Phi) is 5.22. The van der Waals surface area contributed by atoms with Crippen LogP contribution in [0.2, 0.25) is 0 Å². The van der Waals surface area contributed by atoms with Gasteiger partial charge in [-0.15, -0.1) is 0 Å². The van der Waals surface area contributed by atoms with E-state index in [1.807, 2.05) is 6.92 Å². The largest absolute Gasteiger partial charge is 0.381 e. The second kappa shape index (κ2) is 6.69. The molecule has 4 atom stereocenters. The highest BCUT2D eigenvalue weighted by molar-refractivity contribution is 4.97. The molecule has 4 nitrogen and oxygen atoms in total. The summed E-state index contributed by atoms with van der Waals surface area (Å²) in [6, 6.07) is 0.477. The molecule has 1 N–H and O–H groups in total. The lowest BCUT2D eigenvalue weighted by atomic mass is 9.85. The van der Waals surface area contributed by atoms with Crippen LogP contribution in [0.3, 0.4) is 0 Å². The summed E-state index contributed by atoms with van der Waals surface area (Å²) >= 11 is 0. The van der Waals surface area contributed by atoms with E-state index in [1.54, 1.807) is 0 Å². The SMILES string of the molecule is CCNC1CC(OCC2CCOC2)C1OCC. The molecule has 1 aliphatic carbocycles. The van der Waals surface area contributed by atoms with Gasteiger partial charge in [0.05, 0.1) is 25.4 Å². The lowest BCUT2D eigenvalue weighted by Gasteiger charge is -2.44. The van der Waals surface area contributed by atoms with Gasteiger partial charge < -0.3 is 19.5 Å². The lowest BCUT2D eigenvalue weighted by molar-refractivity contribution is -0.150. The first-order valence-corrected chi connectivity index (χ1v) is 6.89. The molecule has 17 heavy (non-hydrogen) atoms. The Morgan fingerprint density at radius 3 is 2.82 bits per heavy atom. The van der Waals surface area contributed by atoms with Crippen molar-refractivity contribution >= 4 is 0 Å². The number of nitrogens with one attached hydrogen (secondary N) is 1. The summed E-state index contributed by atoms with van der Waals surface area (Å²) in [6.45, 7) is 8.52. The van der Waals surface area contributed by atoms with Gasteiger partial charge in [0.1, 0.15) is 0 Å². The van der Waals surface area contributed by atoms with Crippen molar-refractivity contribution in [1.29, 1.82) is 0 Å². The van der Waals surface area contributed by atoms with Gasteiger partial charge in [-0.3, -0.25) is 0 Å². The summed E-state index contributed by atoms with van der Waals surface area (Å²) in [6.07, 6.45) is 2.73. The summed E-state index contributed by atoms with van der Waals surface area (Å²) in [4.78, 5) is 0. The van der Waals surface area contributed by atoms with Gasteiger partial charge in [-0.2, -0.15) is 0 Å². The van der Waals surface area contributed by atoms with Gasteiger partial charge in [-0.05, 0) is 26.3 Å². The van der Waals surface area contributed by atoms with E-state index in [4.69, 9.17) is 14.2 Å². The molecule has 100 valence electrons. The minimum absolute atomic E-state index is 0.238. The van der Waals surface area contributed by atoms with Crippen LogP contribution in [0.15, 0.2) is 0 Å². The van der Waals surface area contributed by atoms with Crippen LogP contribution in [0.5, 0.6) is 0 Å². The number of likely N-dealkylation sites (N-methyl/N-ethyl adjacent to an activating group) is 1. The second-order valence-electron chi connectivity index (χ2n) is 4.92. The normalized spacial score (nSPS) is 37.1. The Hall–Kier alpha value is -0.160. The number of rotatable bonds is 7. The number of ether oxygens (including phenoxy) is 3. The van der Waals surface area contributed by atoms with Gasteiger partial charge in [-0.25, -0.2) is 0 Å². The lowest BCUT2D eigenvalue weighted by Crippen LogP contribution is -2.60. The van der Waals surface area contributed by atoms with Gasteiger partial charge in [0.15, 0.2) is 0 Å². The predicted octanol–water partition coefficient (Wildman–Crippen LogP) is 1.19. The predicted molar refractivity (Wildman–Crippen MR) is 66.2 cm³/mol. The van der Waals surface area contributed by atoms with Crippen molar-refractivity contribution < 1.29 is 14.2 Å². The third-order valence-corrected chi connectivity index (χ3v) is 3.64. The van der Waals surface area contributed by atoms with Crippen molar-refractivity contribution in [2.24, 2.45) is 5.92 Å². The minimum atomic E-state index is 0.238. The van der Waals surface area contributed by atoms with E-state index >= 15 is 0 Å². The number of hydrogen-bond acceptors (Lipinski definition) is 4. The molecule has 1 saturated carbocycles. The highest BCUT2D eigenvalue weighted by atomic mass is 16.5. The molecule has 2 fully saturated rings. The van der Waals surface area contributed by atoms with Crippen LogP contribution < -0.4 is 5.32 Å². The Labute approximate surface area is 104 Å². The van der Waals surface area contributed by atoms with Gasteiger partial charge in [-0.1, -0.05) is 6.92 Å². The molecule has 1 aliphatic heterocycles. The van der Waals surface area contributed by atoms with Crippen LogP contribution >= 0.6 is 0 Å². The molecule has 2 aliphatic rings. The molecule has 0 aromatic carbocycles. The van der Waals surface area contributed by atoms with Crippen molar-refractivity contribution in [1.82, 2.24) is 5.32 Å². The van der Waals surface area contributed by atoms with Crippen LogP contribution in [0, 0.1) is 5.92 Å². The zero-order chi connectivity index (χ0) is 12.1. The molecule has 2 rings (SSSR count). The van der Waals surface area contributed by atoms with Crippen molar-refractivity contribution in [3.05, 3.63) is 0 Å². The quantitative estimate of drug-likeness (QED) is 0.729. The summed E-state index contributed by atoms with van der Waals surface area (Å²) < 4.78 is 17.1. The topological polar surface area (TPSA) is 39.7 Å². The van der Waals surface area contributed by atoms with E-state index in [2.05, 4.69) is 12.2 Å². The molecule has 0 spiro atoms. The minimum Gasteiger partial charge on any atom is -0.381 e. The van der Waals surface area contributed by atoms with Crippen LogP contribution in [0.1, 0.15) is 26.7 Å². The molecule has 0 aromatic heterocycles. The van der Waals surface area contributed by atoms with Crippen LogP contribution in [-0.2, 0) is 14.2 Å². The smallest absolute Gasteiger partial charge is 0.0990 e. The molecule has 1 saturated heterocycles. The third kappa shape index (κ3) is 3.41. The maximum atomic E-state index is 5.96. The van der Waals surface area contributed by atoms with Crippen LogP contribution in [0.25, 0.3) is 0 Å². The Morgan fingerprint density at radius 2 is 2.18 bits per heavy atom. The van der Waals surface area contributed by atoms with E-state index in [1.165, 1.54) is 0 Å². The summed E-state index contributed by atoms with van der Waals surface area (Å²) in [5.74, 6) is 0.593. The third-order valence-electron chi connectivity index (χ3n) is 3.64. The van der Waals surface area contributed by atoms with Gasteiger partial charge >= 0.3 is 0 Å². The molecule has 0 radical (unpaired) electrons. The zero-order valence-corrected chi connectivity index (χ0v) is 11.0. The fourth-order valence-corrected chi connectivity index (χ4v) is 2.60. The summed E-state index contributed by atoms with van der Waals surface area (Å²) in [5, 5.41) is 3.45. The van der Waals surface area contributed by atoms with Gasteiger partial charge in [0.2, 0.25) is 0 Å². The Bertz CT molecular complexity index is 219. The highest BCUT2D eigenvalue weighted by Crippen LogP contribution is 2.28.